The van der Waals surface area contributed by atoms with Gasteiger partial charge in [0.05, 0.1) is 25.9 Å². The minimum absolute atomic E-state index is 0.0196. The summed E-state index contributed by atoms with van der Waals surface area (Å²) >= 11 is 0. The van der Waals surface area contributed by atoms with Crippen LogP contribution in [-0.2, 0) is 19.9 Å². The molecule has 0 aromatic heterocycles. The van der Waals surface area contributed by atoms with Gasteiger partial charge in [-0.3, -0.25) is 4.79 Å². The van der Waals surface area contributed by atoms with E-state index in [9.17, 15) is 21.6 Å². The fourth-order valence-corrected chi connectivity index (χ4v) is 5.38. The number of carbonyl (C=O) groups is 1. The molecule has 0 unspecified atom stereocenters. The Bertz CT molecular complexity index is 1110. The van der Waals surface area contributed by atoms with Crippen molar-refractivity contribution in [2.24, 2.45) is 0 Å². The summed E-state index contributed by atoms with van der Waals surface area (Å²) in [6.07, 6.45) is 0. The quantitative estimate of drug-likeness (QED) is 0.763. The lowest BCUT2D eigenvalue weighted by Gasteiger charge is -2.19. The van der Waals surface area contributed by atoms with Crippen LogP contribution < -0.4 is 10.6 Å². The first-order chi connectivity index (χ1) is 12.7. The van der Waals surface area contributed by atoms with Gasteiger partial charge < -0.3 is 10.6 Å². The Kier molecular flexibility index (Phi) is 4.98. The van der Waals surface area contributed by atoms with E-state index in [0.717, 1.165) is 10.4 Å². The second-order valence-corrected chi connectivity index (χ2v) is 10.2. The Balaban J connectivity index is 2.31. The molecule has 8 nitrogen and oxygen atoms in total. The number of hydrogen-bond donors (Lipinski definition) is 2. The molecule has 1 amide bonds. The van der Waals surface area contributed by atoms with Crippen LogP contribution >= 0.6 is 0 Å². The molecule has 0 atom stereocenters. The number of sulfone groups is 1. The fraction of sp³-hybridized carbons (Fsp3) is 0.235. The highest BCUT2D eigenvalue weighted by atomic mass is 32.2. The third-order valence-electron chi connectivity index (χ3n) is 4.17. The molecule has 2 aromatic rings. The van der Waals surface area contributed by atoms with Gasteiger partial charge in [0.15, 0.2) is 0 Å². The zero-order chi connectivity index (χ0) is 19.8. The van der Waals surface area contributed by atoms with Crippen molar-refractivity contribution in [2.75, 3.05) is 32.5 Å². The van der Waals surface area contributed by atoms with Gasteiger partial charge in [-0.25, -0.2) is 21.1 Å². The van der Waals surface area contributed by atoms with Crippen molar-refractivity contribution in [3.05, 3.63) is 48.0 Å². The van der Waals surface area contributed by atoms with Crippen LogP contribution in [0.15, 0.2) is 57.2 Å². The lowest BCUT2D eigenvalue weighted by Crippen LogP contribution is -2.31. The van der Waals surface area contributed by atoms with Crippen LogP contribution in [0.3, 0.4) is 0 Å². The smallest absolute Gasteiger partial charge is 0.252 e. The van der Waals surface area contributed by atoms with Crippen LogP contribution in [0.1, 0.15) is 10.4 Å². The van der Waals surface area contributed by atoms with Crippen molar-refractivity contribution in [1.82, 2.24) is 9.62 Å². The summed E-state index contributed by atoms with van der Waals surface area (Å²) in [4.78, 5) is 11.8. The molecule has 0 bridgehead atoms. The Morgan fingerprint density at radius 3 is 2.33 bits per heavy atom. The highest BCUT2D eigenvalue weighted by Gasteiger charge is 2.29. The molecule has 3 rings (SSSR count). The maximum absolute atomic E-state index is 13.3. The zero-order valence-corrected chi connectivity index (χ0v) is 16.4. The second kappa shape index (κ2) is 6.95. The maximum atomic E-state index is 13.3. The second-order valence-electron chi connectivity index (χ2n) is 6.13. The van der Waals surface area contributed by atoms with E-state index in [1.54, 1.807) is 6.07 Å². The maximum Gasteiger partial charge on any atom is 0.252 e. The van der Waals surface area contributed by atoms with Gasteiger partial charge in [0.25, 0.3) is 5.91 Å². The first kappa shape index (κ1) is 19.3. The predicted octanol–water partition coefficient (Wildman–Crippen LogP) is 0.925. The van der Waals surface area contributed by atoms with Crippen LogP contribution in [-0.4, -0.2) is 54.2 Å². The summed E-state index contributed by atoms with van der Waals surface area (Å²) < 4.78 is 52.5. The Morgan fingerprint density at radius 1 is 0.963 bits per heavy atom. The van der Waals surface area contributed by atoms with E-state index < -0.39 is 25.8 Å². The Morgan fingerprint density at radius 2 is 1.63 bits per heavy atom. The number of carbonyl (C=O) groups excluding carboxylic acids is 1. The summed E-state index contributed by atoms with van der Waals surface area (Å²) in [5.74, 6) is -0.503. The van der Waals surface area contributed by atoms with Crippen molar-refractivity contribution in [3.63, 3.8) is 0 Å². The number of rotatable bonds is 2. The van der Waals surface area contributed by atoms with Crippen molar-refractivity contribution in [1.29, 1.82) is 0 Å². The van der Waals surface area contributed by atoms with Crippen LogP contribution in [0.5, 0.6) is 0 Å². The number of amides is 1. The largest absolute Gasteiger partial charge is 0.382 e. The normalized spacial score (nSPS) is 16.6. The molecule has 27 heavy (non-hydrogen) atoms. The summed E-state index contributed by atoms with van der Waals surface area (Å²) in [5.41, 5.74) is 0.296. The number of anilines is 1. The molecule has 0 spiro atoms. The molecule has 1 aliphatic rings. The molecule has 0 aliphatic carbocycles. The molecule has 0 fully saturated rings. The van der Waals surface area contributed by atoms with E-state index in [1.165, 1.54) is 44.4 Å². The van der Waals surface area contributed by atoms with E-state index in [1.807, 2.05) is 0 Å². The summed E-state index contributed by atoms with van der Waals surface area (Å²) in [7, 11) is -5.24. The predicted molar refractivity (Wildman–Crippen MR) is 100 cm³/mol. The standard InChI is InChI=1S/C17H19N3O5S2/c1-20(2)27(24,25)12-7-8-14-16(11-12)26(22,23)15-6-4-3-5-13(15)17(21)19-10-9-18-14/h3-8,11,18H,9-10H2,1-2H3,(H,19,21). The number of nitrogens with one attached hydrogen (secondary N) is 2. The number of nitrogens with zero attached hydrogens (tertiary/aromatic N) is 1. The van der Waals surface area contributed by atoms with Gasteiger partial charge in [-0.15, -0.1) is 0 Å². The van der Waals surface area contributed by atoms with Gasteiger partial charge in [0.2, 0.25) is 19.9 Å². The van der Waals surface area contributed by atoms with Crippen molar-refractivity contribution in [2.45, 2.75) is 14.7 Å². The van der Waals surface area contributed by atoms with Crippen LogP contribution in [0.25, 0.3) is 0 Å². The van der Waals surface area contributed by atoms with Crippen LogP contribution in [0.2, 0.25) is 0 Å². The third kappa shape index (κ3) is 3.43. The van der Waals surface area contributed by atoms with E-state index >= 15 is 0 Å². The first-order valence-electron chi connectivity index (χ1n) is 8.08. The first-order valence-corrected chi connectivity index (χ1v) is 11.0. The lowest BCUT2D eigenvalue weighted by molar-refractivity contribution is 0.0952. The Hall–Kier alpha value is -2.43. The van der Waals surface area contributed by atoms with Crippen molar-refractivity contribution in [3.8, 4) is 0 Å². The van der Waals surface area contributed by atoms with Gasteiger partial charge in [0.1, 0.15) is 0 Å². The van der Waals surface area contributed by atoms with E-state index in [0.29, 0.717) is 0 Å². The molecule has 10 heteroatoms. The molecule has 2 N–H and O–H groups in total. The average molecular weight is 409 g/mol. The monoisotopic (exact) mass is 409 g/mol. The van der Waals surface area contributed by atoms with E-state index in [-0.39, 0.29) is 39.0 Å². The molecule has 0 saturated heterocycles. The lowest BCUT2D eigenvalue weighted by atomic mass is 10.2. The summed E-state index contributed by atoms with van der Waals surface area (Å²) in [5, 5.41) is 5.60. The Labute approximate surface area is 158 Å². The molecular weight excluding hydrogens is 390 g/mol. The summed E-state index contributed by atoms with van der Waals surface area (Å²) in [6, 6.07) is 9.76. The summed E-state index contributed by atoms with van der Waals surface area (Å²) in [6.45, 7) is 0.570. The van der Waals surface area contributed by atoms with Crippen LogP contribution in [0, 0.1) is 0 Å². The minimum Gasteiger partial charge on any atom is -0.382 e. The molecule has 1 aliphatic heterocycles. The number of sulfonamides is 1. The zero-order valence-electron chi connectivity index (χ0n) is 14.8. The molecule has 0 radical (unpaired) electrons. The van der Waals surface area contributed by atoms with Crippen LogP contribution in [0.4, 0.5) is 5.69 Å². The van der Waals surface area contributed by atoms with E-state index in [2.05, 4.69) is 10.6 Å². The number of fused-ring (bicyclic) bond motifs is 2. The topological polar surface area (TPSA) is 113 Å². The SMILES string of the molecule is CN(C)S(=O)(=O)c1ccc2c(c1)S(=O)(=O)c1ccccc1C(=O)NCCN2. The van der Waals surface area contributed by atoms with Gasteiger partial charge in [-0.2, -0.15) is 0 Å². The highest BCUT2D eigenvalue weighted by molar-refractivity contribution is 7.92. The van der Waals surface area contributed by atoms with Crippen molar-refractivity contribution < 1.29 is 21.6 Å². The molecule has 0 saturated carbocycles. The molecule has 144 valence electrons. The van der Waals surface area contributed by atoms with Crippen molar-refractivity contribution >= 4 is 31.5 Å². The molecule has 2 aromatic carbocycles. The third-order valence-corrected chi connectivity index (χ3v) is 7.83. The number of benzene rings is 2. The molecule has 1 heterocycles. The molecular formula is C17H19N3O5S2. The van der Waals surface area contributed by atoms with E-state index in [4.69, 9.17) is 0 Å². The minimum atomic E-state index is -4.15. The van der Waals surface area contributed by atoms with Gasteiger partial charge in [-0.05, 0) is 30.3 Å². The van der Waals surface area contributed by atoms with Gasteiger partial charge >= 0.3 is 0 Å². The number of hydrogen-bond acceptors (Lipinski definition) is 6. The van der Waals surface area contributed by atoms with Gasteiger partial charge in [0, 0.05) is 27.2 Å². The highest BCUT2D eigenvalue weighted by Crippen LogP contribution is 2.32. The fourth-order valence-electron chi connectivity index (χ4n) is 2.72. The average Bonchev–Trinajstić information content (AvgIpc) is 2.64. The van der Waals surface area contributed by atoms with Gasteiger partial charge in [-0.1, -0.05) is 12.1 Å².